The fourth-order valence-corrected chi connectivity index (χ4v) is 1.53. The smallest absolute Gasteiger partial charge is 0.336 e. The number of urea groups is 1. The summed E-state index contributed by atoms with van der Waals surface area (Å²) in [5.41, 5.74) is 1.32. The van der Waals surface area contributed by atoms with E-state index in [-0.39, 0.29) is 0 Å². The van der Waals surface area contributed by atoms with Crippen LogP contribution in [0.4, 0.5) is 16.2 Å². The van der Waals surface area contributed by atoms with Crippen molar-refractivity contribution in [3.8, 4) is 0 Å². The molecule has 6 nitrogen and oxygen atoms in total. The van der Waals surface area contributed by atoms with E-state index in [4.69, 9.17) is 0 Å². The summed E-state index contributed by atoms with van der Waals surface area (Å²) in [6.07, 6.45) is 0. The lowest BCUT2D eigenvalue weighted by atomic mass is 10.2. The Morgan fingerprint density at radius 3 is 2.06 bits per heavy atom. The Bertz CT molecular complexity index is 493. The van der Waals surface area contributed by atoms with Crippen LogP contribution in [0.3, 0.4) is 0 Å². The van der Waals surface area contributed by atoms with Crippen molar-refractivity contribution in [1.82, 2.24) is 5.32 Å². The van der Waals surface area contributed by atoms with Gasteiger partial charge in [-0.2, -0.15) is 0 Å². The van der Waals surface area contributed by atoms with Gasteiger partial charge in [-0.15, -0.1) is 0 Å². The van der Waals surface area contributed by atoms with Crippen LogP contribution >= 0.6 is 0 Å². The van der Waals surface area contributed by atoms with Crippen molar-refractivity contribution in [3.05, 3.63) is 24.3 Å². The van der Waals surface area contributed by atoms with E-state index in [1.807, 2.05) is 24.3 Å². The van der Waals surface area contributed by atoms with Crippen LogP contribution in [-0.4, -0.2) is 31.9 Å². The van der Waals surface area contributed by atoms with E-state index in [0.29, 0.717) is 5.69 Å². The highest BCUT2D eigenvalue weighted by Gasteiger charge is 2.37. The number of rotatable bonds is 2. The number of benzene rings is 1. The highest BCUT2D eigenvalue weighted by Crippen LogP contribution is 2.21. The van der Waals surface area contributed by atoms with Gasteiger partial charge >= 0.3 is 17.8 Å². The van der Waals surface area contributed by atoms with E-state index < -0.39 is 17.8 Å². The number of imide groups is 2. The fourth-order valence-electron chi connectivity index (χ4n) is 1.53. The van der Waals surface area contributed by atoms with Crippen molar-refractivity contribution in [1.29, 1.82) is 0 Å². The molecule has 0 bridgehead atoms. The quantitative estimate of drug-likeness (QED) is 0.590. The Balaban J connectivity index is 2.32. The first-order chi connectivity index (χ1) is 8.00. The van der Waals surface area contributed by atoms with Gasteiger partial charge in [-0.1, -0.05) is 0 Å². The van der Waals surface area contributed by atoms with Gasteiger partial charge in [-0.25, -0.2) is 9.69 Å². The molecule has 0 unspecified atom stereocenters. The van der Waals surface area contributed by atoms with Crippen molar-refractivity contribution < 1.29 is 14.4 Å². The van der Waals surface area contributed by atoms with Crippen molar-refractivity contribution >= 4 is 29.2 Å². The average Bonchev–Trinajstić information content (AvgIpc) is 2.53. The highest BCUT2D eigenvalue weighted by atomic mass is 16.2. The molecule has 0 aliphatic carbocycles. The van der Waals surface area contributed by atoms with Crippen LogP contribution in [-0.2, 0) is 9.59 Å². The Labute approximate surface area is 97.8 Å². The molecule has 6 heteroatoms. The molecule has 0 spiro atoms. The molecular weight excluding hydrogens is 222 g/mol. The molecule has 1 saturated heterocycles. The molecule has 0 atom stereocenters. The average molecular weight is 233 g/mol. The third kappa shape index (κ3) is 1.84. The second-order valence-electron chi connectivity index (χ2n) is 3.81. The van der Waals surface area contributed by atoms with Gasteiger partial charge in [0.15, 0.2) is 0 Å². The normalized spacial score (nSPS) is 15.2. The predicted octanol–water partition coefficient (Wildman–Crippen LogP) is 0.335. The Morgan fingerprint density at radius 1 is 1.06 bits per heavy atom. The molecule has 1 fully saturated rings. The zero-order chi connectivity index (χ0) is 12.6. The summed E-state index contributed by atoms with van der Waals surface area (Å²) in [6.45, 7) is 0. The third-order valence-electron chi connectivity index (χ3n) is 2.45. The molecule has 1 aliphatic rings. The highest BCUT2D eigenvalue weighted by molar-refractivity contribution is 6.53. The van der Waals surface area contributed by atoms with Gasteiger partial charge in [0.25, 0.3) is 0 Å². The maximum atomic E-state index is 11.4. The second kappa shape index (κ2) is 3.89. The molecule has 17 heavy (non-hydrogen) atoms. The van der Waals surface area contributed by atoms with Crippen LogP contribution in [0.15, 0.2) is 24.3 Å². The molecule has 2 rings (SSSR count). The topological polar surface area (TPSA) is 69.7 Å². The van der Waals surface area contributed by atoms with E-state index >= 15 is 0 Å². The molecule has 1 aliphatic heterocycles. The van der Waals surface area contributed by atoms with Crippen molar-refractivity contribution in [2.75, 3.05) is 23.9 Å². The first-order valence-corrected chi connectivity index (χ1v) is 4.97. The van der Waals surface area contributed by atoms with Crippen molar-refractivity contribution in [3.63, 3.8) is 0 Å². The fraction of sp³-hybridized carbons (Fsp3) is 0.182. The Hall–Kier alpha value is -2.37. The van der Waals surface area contributed by atoms with Crippen molar-refractivity contribution in [2.24, 2.45) is 0 Å². The summed E-state index contributed by atoms with van der Waals surface area (Å²) in [4.78, 5) is 36.5. The zero-order valence-electron chi connectivity index (χ0n) is 9.43. The summed E-state index contributed by atoms with van der Waals surface area (Å²) in [7, 11) is 3.76. The molecule has 0 radical (unpaired) electrons. The second-order valence-corrected chi connectivity index (χ2v) is 3.81. The number of nitrogens with one attached hydrogen (secondary N) is 1. The van der Waals surface area contributed by atoms with Crippen LogP contribution in [0.1, 0.15) is 0 Å². The van der Waals surface area contributed by atoms with Crippen LogP contribution in [0.2, 0.25) is 0 Å². The zero-order valence-corrected chi connectivity index (χ0v) is 9.43. The third-order valence-corrected chi connectivity index (χ3v) is 2.45. The lowest BCUT2D eigenvalue weighted by molar-refractivity contribution is -0.134. The molecule has 1 N–H and O–H groups in total. The molecule has 0 saturated carbocycles. The minimum absolute atomic E-state index is 0.379. The number of amides is 4. The summed E-state index contributed by atoms with van der Waals surface area (Å²) < 4.78 is 0. The first-order valence-electron chi connectivity index (χ1n) is 4.97. The molecule has 1 aromatic carbocycles. The van der Waals surface area contributed by atoms with Crippen LogP contribution in [0.5, 0.6) is 0 Å². The molecule has 1 heterocycles. The minimum atomic E-state index is -0.897. The van der Waals surface area contributed by atoms with E-state index in [1.165, 1.54) is 0 Å². The maximum Gasteiger partial charge on any atom is 0.336 e. The van der Waals surface area contributed by atoms with Gasteiger partial charge in [0.05, 0.1) is 5.69 Å². The summed E-state index contributed by atoms with van der Waals surface area (Å²) >= 11 is 0. The largest absolute Gasteiger partial charge is 0.378 e. The SMILES string of the molecule is CN(C)c1ccc(N2C(=O)NC(=O)C2=O)cc1. The van der Waals surface area contributed by atoms with Gasteiger partial charge in [-0.05, 0) is 24.3 Å². The van der Waals surface area contributed by atoms with Gasteiger partial charge in [0, 0.05) is 19.8 Å². The van der Waals surface area contributed by atoms with E-state index in [0.717, 1.165) is 10.6 Å². The number of hydrogen-bond acceptors (Lipinski definition) is 4. The maximum absolute atomic E-state index is 11.4. The summed E-state index contributed by atoms with van der Waals surface area (Å²) in [5.74, 6) is -1.75. The van der Waals surface area contributed by atoms with E-state index in [1.54, 1.807) is 24.3 Å². The van der Waals surface area contributed by atoms with Crippen LogP contribution < -0.4 is 15.1 Å². The summed E-state index contributed by atoms with van der Waals surface area (Å²) in [5, 5.41) is 1.94. The first kappa shape index (κ1) is 11.1. The lowest BCUT2D eigenvalue weighted by Crippen LogP contribution is -2.30. The van der Waals surface area contributed by atoms with Crippen LogP contribution in [0.25, 0.3) is 0 Å². The molecular formula is C11H11N3O3. The standard InChI is InChI=1S/C11H11N3O3/c1-13(2)7-3-5-8(6-4-7)14-10(16)9(15)12-11(14)17/h3-6H,1-2H3,(H,12,15,17). The number of nitrogens with zero attached hydrogens (tertiary/aromatic N) is 2. The molecule has 88 valence electrons. The predicted molar refractivity (Wildman–Crippen MR) is 61.8 cm³/mol. The van der Waals surface area contributed by atoms with Crippen molar-refractivity contribution in [2.45, 2.75) is 0 Å². The van der Waals surface area contributed by atoms with E-state index in [2.05, 4.69) is 0 Å². The Morgan fingerprint density at radius 2 is 1.65 bits per heavy atom. The minimum Gasteiger partial charge on any atom is -0.378 e. The van der Waals surface area contributed by atoms with E-state index in [9.17, 15) is 14.4 Å². The summed E-state index contributed by atoms with van der Waals surface area (Å²) in [6, 6.07) is 6.05. The number of hydrogen-bond donors (Lipinski definition) is 1. The molecule has 1 aromatic rings. The number of anilines is 2. The molecule has 4 amide bonds. The lowest BCUT2D eigenvalue weighted by Gasteiger charge is -2.15. The van der Waals surface area contributed by atoms with Gasteiger partial charge in [0.2, 0.25) is 0 Å². The number of carbonyl (C=O) groups excluding carboxylic acids is 3. The van der Waals surface area contributed by atoms with Gasteiger partial charge in [-0.3, -0.25) is 14.9 Å². The number of carbonyl (C=O) groups is 3. The molecule has 0 aromatic heterocycles. The Kier molecular flexibility index (Phi) is 2.55. The van der Waals surface area contributed by atoms with Gasteiger partial charge < -0.3 is 4.90 Å². The monoisotopic (exact) mass is 233 g/mol. The van der Waals surface area contributed by atoms with Gasteiger partial charge in [0.1, 0.15) is 0 Å². The van der Waals surface area contributed by atoms with Crippen LogP contribution in [0, 0.1) is 0 Å².